The Morgan fingerprint density at radius 3 is 1.64 bits per heavy atom. The Kier molecular flexibility index (Phi) is 12.4. The molecule has 0 fully saturated rings. The second-order valence-electron chi connectivity index (χ2n) is 8.35. The summed E-state index contributed by atoms with van der Waals surface area (Å²) in [5.74, 6) is 0. The van der Waals surface area contributed by atoms with Gasteiger partial charge in [-0.25, -0.2) is 0 Å². The summed E-state index contributed by atoms with van der Waals surface area (Å²) in [6.45, 7) is 14.0. The lowest BCUT2D eigenvalue weighted by molar-refractivity contribution is 0.185. The van der Waals surface area contributed by atoms with Gasteiger partial charge in [0.2, 0.25) is 0 Å². The third-order valence-corrected chi connectivity index (χ3v) is 10.2. The van der Waals surface area contributed by atoms with Crippen LogP contribution in [0.4, 0.5) is 0 Å². The van der Waals surface area contributed by atoms with Crippen LogP contribution in [0.5, 0.6) is 0 Å². The molecule has 0 heterocycles. The first-order valence-corrected chi connectivity index (χ1v) is 13.5. The van der Waals surface area contributed by atoms with Crippen molar-refractivity contribution in [1.29, 1.82) is 0 Å². The Balaban J connectivity index is 3.52. The van der Waals surface area contributed by atoms with Gasteiger partial charge in [-0.1, -0.05) is 88.1 Å². The molecule has 0 rings (SSSR count). The van der Waals surface area contributed by atoms with Crippen LogP contribution in [0.25, 0.3) is 0 Å². The van der Waals surface area contributed by atoms with Crippen LogP contribution in [0.2, 0.25) is 18.1 Å². The van der Waals surface area contributed by atoms with Gasteiger partial charge < -0.3 is 4.43 Å². The molecule has 0 radical (unpaired) electrons. The molecular formula is C19H41BrOSi. The first kappa shape index (κ1) is 22.7. The normalized spacial score (nSPS) is 14.3. The van der Waals surface area contributed by atoms with Crippen molar-refractivity contribution < 1.29 is 4.43 Å². The molecule has 0 aliphatic rings. The lowest BCUT2D eigenvalue weighted by Gasteiger charge is -2.38. The number of rotatable bonds is 13. The molecular weight excluding hydrogens is 352 g/mol. The molecule has 0 aromatic rings. The van der Waals surface area contributed by atoms with E-state index in [9.17, 15) is 0 Å². The Morgan fingerprint density at radius 1 is 0.818 bits per heavy atom. The molecule has 0 aliphatic carbocycles. The fourth-order valence-electron chi connectivity index (χ4n) is 2.50. The maximum absolute atomic E-state index is 6.42. The van der Waals surface area contributed by atoms with Crippen LogP contribution in [0.3, 0.4) is 0 Å². The van der Waals surface area contributed by atoms with Crippen molar-refractivity contribution in [3.63, 3.8) is 0 Å². The van der Waals surface area contributed by atoms with E-state index in [1.54, 1.807) is 0 Å². The maximum atomic E-state index is 6.42. The quantitative estimate of drug-likeness (QED) is 0.177. The van der Waals surface area contributed by atoms with Crippen molar-refractivity contribution in [3.05, 3.63) is 0 Å². The van der Waals surface area contributed by atoms with E-state index in [4.69, 9.17) is 4.43 Å². The van der Waals surface area contributed by atoms with E-state index < -0.39 is 8.32 Å². The monoisotopic (exact) mass is 392 g/mol. The van der Waals surface area contributed by atoms with Gasteiger partial charge in [-0.2, -0.15) is 0 Å². The van der Waals surface area contributed by atoms with Crippen LogP contribution < -0.4 is 0 Å². The zero-order chi connectivity index (χ0) is 17.1. The van der Waals surface area contributed by atoms with E-state index in [2.05, 4.69) is 56.7 Å². The molecule has 1 unspecified atom stereocenters. The summed E-state index contributed by atoms with van der Waals surface area (Å²) in [7, 11) is -1.57. The van der Waals surface area contributed by atoms with Gasteiger partial charge in [-0.3, -0.25) is 0 Å². The summed E-state index contributed by atoms with van der Waals surface area (Å²) in [6, 6.07) is 0. The second-order valence-corrected chi connectivity index (χ2v) is 13.9. The van der Waals surface area contributed by atoms with Gasteiger partial charge in [0.15, 0.2) is 8.32 Å². The highest BCUT2D eigenvalue weighted by Gasteiger charge is 2.38. The summed E-state index contributed by atoms with van der Waals surface area (Å²) >= 11 is 3.49. The van der Waals surface area contributed by atoms with Gasteiger partial charge in [-0.05, 0) is 37.9 Å². The SMILES string of the molecule is CC(CCCCCCCCCCCBr)O[Si](C)(C)C(C)(C)C. The largest absolute Gasteiger partial charge is 0.414 e. The van der Waals surface area contributed by atoms with Gasteiger partial charge in [0.05, 0.1) is 0 Å². The Hall–Kier alpha value is 0.657. The van der Waals surface area contributed by atoms with Crippen LogP contribution in [0.15, 0.2) is 0 Å². The molecule has 0 aromatic heterocycles. The number of unbranched alkanes of at least 4 members (excludes halogenated alkanes) is 8. The fourth-order valence-corrected chi connectivity index (χ4v) is 4.38. The van der Waals surface area contributed by atoms with Gasteiger partial charge in [0.1, 0.15) is 0 Å². The molecule has 0 bridgehead atoms. The van der Waals surface area contributed by atoms with Crippen LogP contribution in [0.1, 0.15) is 91.9 Å². The second kappa shape index (κ2) is 12.1. The highest BCUT2D eigenvalue weighted by atomic mass is 79.9. The molecule has 22 heavy (non-hydrogen) atoms. The average Bonchev–Trinajstić information content (AvgIpc) is 2.39. The molecule has 1 nitrogen and oxygen atoms in total. The summed E-state index contributed by atoms with van der Waals surface area (Å²) in [6.07, 6.45) is 14.2. The molecule has 3 heteroatoms. The number of hydrogen-bond donors (Lipinski definition) is 0. The zero-order valence-electron chi connectivity index (χ0n) is 16.1. The zero-order valence-corrected chi connectivity index (χ0v) is 18.7. The van der Waals surface area contributed by atoms with E-state index in [0.717, 1.165) is 0 Å². The third kappa shape index (κ3) is 11.2. The minimum Gasteiger partial charge on any atom is -0.414 e. The Bertz CT molecular complexity index is 261. The van der Waals surface area contributed by atoms with Crippen molar-refractivity contribution in [1.82, 2.24) is 0 Å². The van der Waals surface area contributed by atoms with Crippen LogP contribution in [0, 0.1) is 0 Å². The molecule has 0 saturated carbocycles. The van der Waals surface area contributed by atoms with Crippen LogP contribution in [-0.4, -0.2) is 19.8 Å². The molecule has 134 valence electrons. The van der Waals surface area contributed by atoms with Gasteiger partial charge in [0, 0.05) is 11.4 Å². The highest BCUT2D eigenvalue weighted by Crippen LogP contribution is 2.37. The topological polar surface area (TPSA) is 9.23 Å². The van der Waals surface area contributed by atoms with Crippen molar-refractivity contribution in [2.24, 2.45) is 0 Å². The van der Waals surface area contributed by atoms with Crippen molar-refractivity contribution in [2.45, 2.75) is 116 Å². The van der Waals surface area contributed by atoms with Gasteiger partial charge >= 0.3 is 0 Å². The van der Waals surface area contributed by atoms with E-state index >= 15 is 0 Å². The first-order chi connectivity index (χ1) is 10.2. The molecule has 1 atom stereocenters. The number of hydrogen-bond acceptors (Lipinski definition) is 1. The van der Waals surface area contributed by atoms with Crippen molar-refractivity contribution >= 4 is 24.2 Å². The summed E-state index contributed by atoms with van der Waals surface area (Å²) < 4.78 is 6.42. The summed E-state index contributed by atoms with van der Waals surface area (Å²) in [4.78, 5) is 0. The summed E-state index contributed by atoms with van der Waals surface area (Å²) in [5.41, 5.74) is 0. The fraction of sp³-hybridized carbons (Fsp3) is 1.00. The molecule has 0 spiro atoms. The molecule has 0 aromatic carbocycles. The average molecular weight is 394 g/mol. The lowest BCUT2D eigenvalue weighted by atomic mass is 10.1. The Labute approximate surface area is 150 Å². The molecule has 0 saturated heterocycles. The highest BCUT2D eigenvalue weighted by molar-refractivity contribution is 9.09. The van der Waals surface area contributed by atoms with Crippen LogP contribution >= 0.6 is 15.9 Å². The van der Waals surface area contributed by atoms with E-state index in [0.29, 0.717) is 11.1 Å². The van der Waals surface area contributed by atoms with Crippen LogP contribution in [-0.2, 0) is 4.43 Å². The first-order valence-electron chi connectivity index (χ1n) is 9.44. The van der Waals surface area contributed by atoms with E-state index in [1.807, 2.05) is 0 Å². The number of alkyl halides is 1. The van der Waals surface area contributed by atoms with E-state index in [-0.39, 0.29) is 0 Å². The third-order valence-electron chi connectivity index (χ3n) is 5.05. The van der Waals surface area contributed by atoms with Gasteiger partial charge in [0.25, 0.3) is 0 Å². The lowest BCUT2D eigenvalue weighted by Crippen LogP contribution is -2.43. The molecule has 0 aliphatic heterocycles. The predicted molar refractivity (Wildman–Crippen MR) is 108 cm³/mol. The minimum absolute atomic E-state index is 0.329. The predicted octanol–water partition coefficient (Wildman–Crippen LogP) is 7.69. The van der Waals surface area contributed by atoms with Gasteiger partial charge in [-0.15, -0.1) is 0 Å². The molecule has 0 N–H and O–H groups in total. The van der Waals surface area contributed by atoms with E-state index in [1.165, 1.54) is 69.5 Å². The van der Waals surface area contributed by atoms with Crippen molar-refractivity contribution in [3.8, 4) is 0 Å². The number of halogens is 1. The van der Waals surface area contributed by atoms with Crippen molar-refractivity contribution in [2.75, 3.05) is 5.33 Å². The standard InChI is InChI=1S/C19H41BrOSi/c1-18(21-22(5,6)19(2,3)4)16-14-12-10-8-7-9-11-13-15-17-20/h18H,7-17H2,1-6H3. The molecule has 0 amide bonds. The Morgan fingerprint density at radius 2 is 1.23 bits per heavy atom. The summed E-state index contributed by atoms with van der Waals surface area (Å²) in [5, 5.41) is 1.50. The smallest absolute Gasteiger partial charge is 0.192 e. The minimum atomic E-state index is -1.57. The maximum Gasteiger partial charge on any atom is 0.192 e.